The number of benzene rings is 3. The third kappa shape index (κ3) is 12.6. The van der Waals surface area contributed by atoms with E-state index in [2.05, 4.69) is 13.8 Å². The molecule has 3 aromatic rings. The minimum Gasteiger partial charge on any atom is -0.494 e. The topological polar surface area (TPSA) is 105 Å². The smallest absolute Gasteiger partial charge is 0.343 e. The molecule has 0 amide bonds. The van der Waals surface area contributed by atoms with Gasteiger partial charge in [-0.25, -0.2) is 4.79 Å². The minimum atomic E-state index is -0.457. The van der Waals surface area contributed by atoms with Crippen LogP contribution in [-0.2, 0) is 25.4 Å². The summed E-state index contributed by atoms with van der Waals surface area (Å²) < 4.78 is 39.3. The number of unbranched alkanes of at least 4 members (excludes halogenated alkanes) is 2. The molecule has 0 bridgehead atoms. The lowest BCUT2D eigenvalue weighted by Gasteiger charge is -2.11. The molecule has 264 valence electrons. The summed E-state index contributed by atoms with van der Waals surface area (Å²) in [6.07, 6.45) is 5.76. The Hall–Kier alpha value is -3.76. The van der Waals surface area contributed by atoms with Gasteiger partial charge in [-0.2, -0.15) is 0 Å². The highest BCUT2D eigenvalue weighted by atomic mass is 16.6. The van der Waals surface area contributed by atoms with E-state index in [0.717, 1.165) is 81.8 Å². The van der Waals surface area contributed by atoms with Crippen LogP contribution in [0.5, 0.6) is 17.2 Å². The zero-order valence-electron chi connectivity index (χ0n) is 29.1. The summed E-state index contributed by atoms with van der Waals surface area (Å²) in [4.78, 5) is 25.8. The van der Waals surface area contributed by atoms with Crippen LogP contribution in [0, 0.1) is 6.92 Å². The van der Waals surface area contributed by atoms with Gasteiger partial charge < -0.3 is 33.2 Å². The zero-order chi connectivity index (χ0) is 34.5. The maximum Gasteiger partial charge on any atom is 0.343 e. The van der Waals surface area contributed by atoms with Crippen molar-refractivity contribution >= 4 is 11.8 Å². The molecule has 0 aromatic heterocycles. The standard InChI is InChI=1S/C40H50O9/c1-30-26-36(49-38(42)32-10-15-35(16-11-32)46-23-7-5-21-44-25-19-40(3)29-48-40)17-12-33(30)27-37(41)31-8-13-34(14-9-31)45-22-6-4-20-43-24-18-39(2)28-47-39/h8-17,26H,4-7,18-25,27-29H2,1-3H3. The second-order valence-electron chi connectivity index (χ2n) is 13.4. The SMILES string of the molecule is Cc1cc(OC(=O)c2ccc(OCCCCOCCC3(C)CO3)cc2)ccc1CC(=O)c1ccc(OCCCCOCCC2(C)CO2)cc1. The third-order valence-corrected chi connectivity index (χ3v) is 8.87. The molecule has 0 spiro atoms. The molecule has 2 fully saturated rings. The monoisotopic (exact) mass is 674 g/mol. The van der Waals surface area contributed by atoms with E-state index >= 15 is 0 Å². The third-order valence-electron chi connectivity index (χ3n) is 8.87. The maximum absolute atomic E-state index is 13.0. The van der Waals surface area contributed by atoms with E-state index in [0.29, 0.717) is 49.1 Å². The van der Waals surface area contributed by atoms with Gasteiger partial charge in [0.15, 0.2) is 5.78 Å². The number of carbonyl (C=O) groups excluding carboxylic acids is 2. The molecule has 0 N–H and O–H groups in total. The second-order valence-corrected chi connectivity index (χ2v) is 13.4. The van der Waals surface area contributed by atoms with E-state index < -0.39 is 5.97 Å². The molecule has 5 rings (SSSR count). The van der Waals surface area contributed by atoms with Gasteiger partial charge in [-0.05, 0) is 118 Å². The average Bonchev–Trinajstić information content (AvgIpc) is 4.03. The number of hydrogen-bond donors (Lipinski definition) is 0. The van der Waals surface area contributed by atoms with E-state index in [1.54, 1.807) is 48.5 Å². The molecular formula is C40H50O9. The van der Waals surface area contributed by atoms with Gasteiger partial charge >= 0.3 is 5.97 Å². The van der Waals surface area contributed by atoms with Gasteiger partial charge in [0.2, 0.25) is 0 Å². The molecule has 2 saturated heterocycles. The fourth-order valence-electron chi connectivity index (χ4n) is 5.10. The van der Waals surface area contributed by atoms with Crippen molar-refractivity contribution in [2.45, 2.75) is 76.9 Å². The average molecular weight is 675 g/mol. The number of epoxide rings is 2. The fourth-order valence-corrected chi connectivity index (χ4v) is 5.10. The van der Waals surface area contributed by atoms with Gasteiger partial charge in [0.1, 0.15) is 17.2 Å². The molecule has 0 aliphatic carbocycles. The molecule has 2 aliphatic rings. The van der Waals surface area contributed by atoms with Crippen molar-refractivity contribution in [2.24, 2.45) is 0 Å². The number of hydrogen-bond acceptors (Lipinski definition) is 9. The van der Waals surface area contributed by atoms with Gasteiger partial charge in [-0.3, -0.25) is 4.79 Å². The molecular weight excluding hydrogens is 624 g/mol. The lowest BCUT2D eigenvalue weighted by molar-refractivity contribution is 0.0734. The molecule has 9 nitrogen and oxygen atoms in total. The van der Waals surface area contributed by atoms with E-state index in [1.165, 1.54) is 0 Å². The van der Waals surface area contributed by atoms with Crippen LogP contribution >= 0.6 is 0 Å². The van der Waals surface area contributed by atoms with Gasteiger partial charge in [0, 0.05) is 51.3 Å². The first kappa shape index (κ1) is 36.5. The van der Waals surface area contributed by atoms with Crippen molar-refractivity contribution in [1.29, 1.82) is 0 Å². The fraction of sp³-hybridized carbons (Fsp3) is 0.500. The molecule has 2 heterocycles. The predicted molar refractivity (Wildman–Crippen MR) is 186 cm³/mol. The summed E-state index contributed by atoms with van der Waals surface area (Å²) in [6, 6.07) is 19.5. The largest absolute Gasteiger partial charge is 0.494 e. The number of rotatable bonds is 23. The Morgan fingerprint density at radius 3 is 1.59 bits per heavy atom. The first-order valence-electron chi connectivity index (χ1n) is 17.4. The van der Waals surface area contributed by atoms with Crippen LogP contribution in [-0.4, -0.2) is 75.8 Å². The zero-order valence-corrected chi connectivity index (χ0v) is 29.1. The first-order chi connectivity index (χ1) is 23.7. The van der Waals surface area contributed by atoms with Crippen LogP contribution in [0.4, 0.5) is 0 Å². The predicted octanol–water partition coefficient (Wildman–Crippen LogP) is 7.35. The normalized spacial score (nSPS) is 19.3. The number of ketones is 1. The Morgan fingerprint density at radius 1 is 0.633 bits per heavy atom. The molecule has 3 aromatic carbocycles. The molecule has 0 radical (unpaired) electrons. The van der Waals surface area contributed by atoms with Crippen molar-refractivity contribution in [1.82, 2.24) is 0 Å². The highest BCUT2D eigenvalue weighted by molar-refractivity contribution is 5.97. The number of Topliss-reactive ketones (excluding diaryl/α,β-unsaturated/α-hetero) is 1. The van der Waals surface area contributed by atoms with E-state index in [9.17, 15) is 9.59 Å². The molecule has 49 heavy (non-hydrogen) atoms. The Balaban J connectivity index is 0.960. The van der Waals surface area contributed by atoms with Crippen LogP contribution in [0.25, 0.3) is 0 Å². The summed E-state index contributed by atoms with van der Waals surface area (Å²) in [6.45, 7) is 11.8. The van der Waals surface area contributed by atoms with Gasteiger partial charge in [-0.1, -0.05) is 6.07 Å². The van der Waals surface area contributed by atoms with Crippen molar-refractivity contribution in [3.63, 3.8) is 0 Å². The van der Waals surface area contributed by atoms with Crippen molar-refractivity contribution in [3.05, 3.63) is 89.0 Å². The summed E-state index contributed by atoms with van der Waals surface area (Å²) in [5, 5.41) is 0. The Labute approximate surface area is 290 Å². The Kier molecular flexibility index (Phi) is 13.2. The summed E-state index contributed by atoms with van der Waals surface area (Å²) in [5.74, 6) is 1.41. The van der Waals surface area contributed by atoms with Crippen molar-refractivity contribution < 1.29 is 42.7 Å². The number of esters is 1. The van der Waals surface area contributed by atoms with Crippen LogP contribution in [0.1, 0.15) is 84.2 Å². The molecule has 2 atom stereocenters. The molecule has 2 aliphatic heterocycles. The minimum absolute atomic E-state index is 0.00603. The second kappa shape index (κ2) is 17.8. The lowest BCUT2D eigenvalue weighted by atomic mass is 9.99. The lowest BCUT2D eigenvalue weighted by Crippen LogP contribution is -2.10. The van der Waals surface area contributed by atoms with Crippen LogP contribution in [0.3, 0.4) is 0 Å². The van der Waals surface area contributed by atoms with E-state index in [4.69, 9.17) is 33.2 Å². The van der Waals surface area contributed by atoms with Gasteiger partial charge in [-0.15, -0.1) is 0 Å². The summed E-state index contributed by atoms with van der Waals surface area (Å²) in [7, 11) is 0. The van der Waals surface area contributed by atoms with Crippen LogP contribution in [0.15, 0.2) is 66.7 Å². The Morgan fingerprint density at radius 2 is 1.10 bits per heavy atom. The maximum atomic E-state index is 13.0. The number of aryl methyl sites for hydroxylation is 1. The number of ether oxygens (including phenoxy) is 7. The Bertz CT molecular complexity index is 1490. The van der Waals surface area contributed by atoms with Gasteiger partial charge in [0.25, 0.3) is 0 Å². The first-order valence-corrected chi connectivity index (χ1v) is 17.4. The highest BCUT2D eigenvalue weighted by Crippen LogP contribution is 2.30. The van der Waals surface area contributed by atoms with E-state index in [-0.39, 0.29) is 23.4 Å². The summed E-state index contributed by atoms with van der Waals surface area (Å²) >= 11 is 0. The summed E-state index contributed by atoms with van der Waals surface area (Å²) in [5.41, 5.74) is 2.88. The van der Waals surface area contributed by atoms with Gasteiger partial charge in [0.05, 0.1) is 43.2 Å². The molecule has 0 saturated carbocycles. The van der Waals surface area contributed by atoms with E-state index in [1.807, 2.05) is 25.1 Å². The van der Waals surface area contributed by atoms with Crippen LogP contribution < -0.4 is 14.2 Å². The quantitative estimate of drug-likeness (QED) is 0.0336. The van der Waals surface area contributed by atoms with Crippen molar-refractivity contribution in [3.8, 4) is 17.2 Å². The number of carbonyl (C=O) groups is 2. The highest BCUT2D eigenvalue weighted by Gasteiger charge is 2.39. The molecule has 9 heteroatoms. The van der Waals surface area contributed by atoms with Crippen molar-refractivity contribution in [2.75, 3.05) is 52.9 Å². The van der Waals surface area contributed by atoms with Crippen LogP contribution in [0.2, 0.25) is 0 Å². The molecule has 2 unspecified atom stereocenters.